The van der Waals surface area contributed by atoms with Crippen molar-refractivity contribution in [1.29, 1.82) is 0 Å². The normalized spacial score (nSPS) is 10.5. The molecule has 7 heteroatoms. The number of nitrogens with zero attached hydrogens (tertiary/aromatic N) is 1. The summed E-state index contributed by atoms with van der Waals surface area (Å²) in [6, 6.07) is 0. The second-order valence-corrected chi connectivity index (χ2v) is 2.92. The number of hydrogen-bond donors (Lipinski definition) is 2. The molecule has 0 unspecified atom stereocenters. The Hall–Kier alpha value is -1.92. The van der Waals surface area contributed by atoms with Gasteiger partial charge in [0.1, 0.15) is 0 Å². The zero-order valence-corrected chi connectivity index (χ0v) is 8.28. The van der Waals surface area contributed by atoms with Crippen molar-refractivity contribution in [2.45, 2.75) is 12.8 Å². The van der Waals surface area contributed by atoms with E-state index in [0.717, 1.165) is 13.3 Å². The number of hydrogen-bond acceptors (Lipinski definition) is 4. The SMILES string of the molecule is COc1c(CC(=O)O)cnc(C(F)F)c1O. The maximum Gasteiger partial charge on any atom is 0.308 e. The highest BCUT2D eigenvalue weighted by Crippen LogP contribution is 2.36. The van der Waals surface area contributed by atoms with Gasteiger partial charge in [-0.2, -0.15) is 0 Å². The van der Waals surface area contributed by atoms with Crippen LogP contribution in [0, 0.1) is 0 Å². The molecule has 0 fully saturated rings. The molecule has 0 aliphatic rings. The van der Waals surface area contributed by atoms with Gasteiger partial charge in [0.25, 0.3) is 6.43 Å². The van der Waals surface area contributed by atoms with Gasteiger partial charge in [-0.1, -0.05) is 0 Å². The van der Waals surface area contributed by atoms with Gasteiger partial charge in [0.15, 0.2) is 17.2 Å². The van der Waals surface area contributed by atoms with Crippen LogP contribution in [-0.4, -0.2) is 28.3 Å². The van der Waals surface area contributed by atoms with E-state index in [9.17, 15) is 18.7 Å². The lowest BCUT2D eigenvalue weighted by atomic mass is 10.1. The third kappa shape index (κ3) is 2.36. The van der Waals surface area contributed by atoms with Crippen LogP contribution in [0.15, 0.2) is 6.20 Å². The van der Waals surface area contributed by atoms with Crippen LogP contribution < -0.4 is 4.74 Å². The fourth-order valence-electron chi connectivity index (χ4n) is 1.21. The molecule has 0 amide bonds. The Kier molecular flexibility index (Phi) is 3.60. The van der Waals surface area contributed by atoms with E-state index >= 15 is 0 Å². The van der Waals surface area contributed by atoms with Crippen LogP contribution in [0.5, 0.6) is 11.5 Å². The number of pyridine rings is 1. The Morgan fingerprint density at radius 1 is 1.62 bits per heavy atom. The zero-order chi connectivity index (χ0) is 12.3. The molecule has 2 N–H and O–H groups in total. The minimum Gasteiger partial charge on any atom is -0.503 e. The highest BCUT2D eigenvalue weighted by atomic mass is 19.3. The van der Waals surface area contributed by atoms with Crippen molar-refractivity contribution in [2.24, 2.45) is 0 Å². The number of alkyl halides is 2. The first-order valence-corrected chi connectivity index (χ1v) is 4.22. The van der Waals surface area contributed by atoms with E-state index in [1.54, 1.807) is 0 Å². The zero-order valence-electron chi connectivity index (χ0n) is 8.28. The summed E-state index contributed by atoms with van der Waals surface area (Å²) in [5.41, 5.74) is -0.789. The predicted octanol–water partition coefficient (Wildman–Crippen LogP) is 1.36. The molecule has 0 spiro atoms. The van der Waals surface area contributed by atoms with Crippen LogP contribution in [0.4, 0.5) is 8.78 Å². The molecule has 0 saturated carbocycles. The van der Waals surface area contributed by atoms with Gasteiger partial charge in [-0.25, -0.2) is 8.78 Å². The first kappa shape index (κ1) is 12.2. The molecule has 1 heterocycles. The van der Waals surface area contributed by atoms with Gasteiger partial charge in [-0.15, -0.1) is 0 Å². The first-order chi connectivity index (χ1) is 7.47. The van der Waals surface area contributed by atoms with E-state index in [1.165, 1.54) is 0 Å². The number of aromatic nitrogens is 1. The highest BCUT2D eigenvalue weighted by molar-refractivity contribution is 5.72. The van der Waals surface area contributed by atoms with Crippen molar-refractivity contribution in [3.8, 4) is 11.5 Å². The summed E-state index contributed by atoms with van der Waals surface area (Å²) in [6.45, 7) is 0. The molecule has 5 nitrogen and oxygen atoms in total. The van der Waals surface area contributed by atoms with Crippen LogP contribution in [0.1, 0.15) is 17.7 Å². The summed E-state index contributed by atoms with van der Waals surface area (Å²) in [5, 5.41) is 17.9. The van der Waals surface area contributed by atoms with Gasteiger partial charge in [0.05, 0.1) is 13.5 Å². The van der Waals surface area contributed by atoms with Crippen LogP contribution in [0.3, 0.4) is 0 Å². The van der Waals surface area contributed by atoms with Crippen LogP contribution in [0.2, 0.25) is 0 Å². The summed E-state index contributed by atoms with van der Waals surface area (Å²) < 4.78 is 29.4. The number of ether oxygens (including phenoxy) is 1. The topological polar surface area (TPSA) is 79.7 Å². The molecule has 0 saturated heterocycles. The number of carboxylic acid groups (broad SMARTS) is 1. The minimum atomic E-state index is -2.95. The smallest absolute Gasteiger partial charge is 0.308 e. The fourth-order valence-corrected chi connectivity index (χ4v) is 1.21. The van der Waals surface area contributed by atoms with Crippen LogP contribution >= 0.6 is 0 Å². The first-order valence-electron chi connectivity index (χ1n) is 4.22. The van der Waals surface area contributed by atoms with E-state index < -0.39 is 30.3 Å². The molecule has 0 radical (unpaired) electrons. The second-order valence-electron chi connectivity index (χ2n) is 2.92. The third-order valence-electron chi connectivity index (χ3n) is 1.86. The predicted molar refractivity (Wildman–Crippen MR) is 48.8 cm³/mol. The second kappa shape index (κ2) is 4.73. The standard InChI is InChI=1S/C9H9F2NO4/c1-16-8-4(2-5(13)14)3-12-6(7(8)15)9(10)11/h3,9,15H,2H2,1H3,(H,13,14). The molecule has 16 heavy (non-hydrogen) atoms. The molecule has 0 aliphatic heterocycles. The van der Waals surface area contributed by atoms with Crippen molar-refractivity contribution in [2.75, 3.05) is 7.11 Å². The van der Waals surface area contributed by atoms with Gasteiger partial charge < -0.3 is 14.9 Å². The van der Waals surface area contributed by atoms with Crippen molar-refractivity contribution >= 4 is 5.97 Å². The summed E-state index contributed by atoms with van der Waals surface area (Å²) in [4.78, 5) is 13.7. The van der Waals surface area contributed by atoms with Crippen molar-refractivity contribution in [3.05, 3.63) is 17.5 Å². The fraction of sp³-hybridized carbons (Fsp3) is 0.333. The Balaban J connectivity index is 3.23. The number of aromatic hydroxyl groups is 1. The Labute approximate surface area is 89.3 Å². The van der Waals surface area contributed by atoms with E-state index in [2.05, 4.69) is 9.72 Å². The third-order valence-corrected chi connectivity index (χ3v) is 1.86. The molecule has 1 rings (SSSR count). The van der Waals surface area contributed by atoms with E-state index in [-0.39, 0.29) is 11.3 Å². The molecule has 88 valence electrons. The molecule has 0 atom stereocenters. The number of methoxy groups -OCH3 is 1. The van der Waals surface area contributed by atoms with Crippen LogP contribution in [0.25, 0.3) is 0 Å². The maximum atomic E-state index is 12.3. The largest absolute Gasteiger partial charge is 0.503 e. The van der Waals surface area contributed by atoms with Gasteiger partial charge in [-0.3, -0.25) is 9.78 Å². The van der Waals surface area contributed by atoms with Crippen molar-refractivity contribution in [1.82, 2.24) is 4.98 Å². The number of rotatable bonds is 4. The van der Waals surface area contributed by atoms with Gasteiger partial charge in [0.2, 0.25) is 0 Å². The van der Waals surface area contributed by atoms with E-state index in [0.29, 0.717) is 0 Å². The lowest BCUT2D eigenvalue weighted by Crippen LogP contribution is -2.05. The monoisotopic (exact) mass is 233 g/mol. The van der Waals surface area contributed by atoms with Gasteiger partial charge in [0, 0.05) is 11.8 Å². The Bertz CT molecular complexity index is 409. The highest BCUT2D eigenvalue weighted by Gasteiger charge is 2.22. The molecule has 0 bridgehead atoms. The number of carboxylic acids is 1. The molecule has 0 aliphatic carbocycles. The summed E-state index contributed by atoms with van der Waals surface area (Å²) >= 11 is 0. The molecular formula is C9H9F2NO4. The van der Waals surface area contributed by atoms with E-state index in [1.807, 2.05) is 0 Å². The molecular weight excluding hydrogens is 224 g/mol. The molecule has 1 aromatic heterocycles. The average Bonchev–Trinajstić information content (AvgIpc) is 2.16. The summed E-state index contributed by atoms with van der Waals surface area (Å²) in [5.74, 6) is -2.28. The van der Waals surface area contributed by atoms with Crippen molar-refractivity contribution < 1.29 is 28.5 Å². The Morgan fingerprint density at radius 3 is 2.69 bits per heavy atom. The Morgan fingerprint density at radius 2 is 2.25 bits per heavy atom. The molecule has 0 aromatic carbocycles. The van der Waals surface area contributed by atoms with Gasteiger partial charge in [-0.05, 0) is 0 Å². The van der Waals surface area contributed by atoms with E-state index in [4.69, 9.17) is 5.11 Å². The number of carbonyl (C=O) groups is 1. The maximum absolute atomic E-state index is 12.3. The summed E-state index contributed by atoms with van der Waals surface area (Å²) in [7, 11) is 1.15. The van der Waals surface area contributed by atoms with Gasteiger partial charge >= 0.3 is 5.97 Å². The van der Waals surface area contributed by atoms with Crippen molar-refractivity contribution in [3.63, 3.8) is 0 Å². The quantitative estimate of drug-likeness (QED) is 0.820. The number of aliphatic carboxylic acids is 1. The lowest BCUT2D eigenvalue weighted by Gasteiger charge is -2.11. The average molecular weight is 233 g/mol. The minimum absolute atomic E-state index is 0.0388. The molecule has 1 aromatic rings. The summed E-state index contributed by atoms with van der Waals surface area (Å²) in [6.07, 6.45) is -2.46. The van der Waals surface area contributed by atoms with Crippen LogP contribution in [-0.2, 0) is 11.2 Å². The number of halogens is 2. The lowest BCUT2D eigenvalue weighted by molar-refractivity contribution is -0.136.